The van der Waals surface area contributed by atoms with Crippen molar-refractivity contribution in [1.29, 1.82) is 0 Å². The first-order valence-corrected chi connectivity index (χ1v) is 5.45. The third-order valence-electron chi connectivity index (χ3n) is 2.78. The average Bonchev–Trinajstić information content (AvgIpc) is 2.96. The van der Waals surface area contributed by atoms with Crippen molar-refractivity contribution in [3.05, 3.63) is 0 Å². The Kier molecular flexibility index (Phi) is 3.37. The van der Waals surface area contributed by atoms with Gasteiger partial charge in [0.2, 0.25) is 5.91 Å². The lowest BCUT2D eigenvalue weighted by Crippen LogP contribution is -2.46. The maximum atomic E-state index is 12.0. The minimum atomic E-state index is -1.29. The first kappa shape index (κ1) is 12.0. The molecular weight excluding hydrogens is 194 g/mol. The molecule has 0 radical (unpaired) electrons. The van der Waals surface area contributed by atoms with Crippen LogP contribution in [0.3, 0.4) is 0 Å². The van der Waals surface area contributed by atoms with E-state index in [1.165, 1.54) is 13.8 Å². The van der Waals surface area contributed by atoms with Crippen LogP contribution in [0.5, 0.6) is 0 Å². The monoisotopic (exact) mass is 213 g/mol. The number of carbonyl (C=O) groups is 2. The van der Waals surface area contributed by atoms with Crippen LogP contribution in [-0.4, -0.2) is 34.5 Å². The summed E-state index contributed by atoms with van der Waals surface area (Å²) in [6.45, 7) is 5.61. The minimum absolute atomic E-state index is 0.251. The third kappa shape index (κ3) is 2.49. The summed E-state index contributed by atoms with van der Waals surface area (Å²) >= 11 is 0. The summed E-state index contributed by atoms with van der Waals surface area (Å²) in [5, 5.41) is 8.98. The van der Waals surface area contributed by atoms with E-state index in [2.05, 4.69) is 0 Å². The topological polar surface area (TPSA) is 57.6 Å². The molecule has 4 nitrogen and oxygen atoms in total. The standard InChI is InChI=1S/C11H19NO3/c1-4-7-12(8-5-6-8)9(13)11(2,3)10(14)15/h8H,4-7H2,1-3H3,(H,14,15). The Morgan fingerprint density at radius 3 is 2.27 bits per heavy atom. The van der Waals surface area contributed by atoms with Gasteiger partial charge in [-0.2, -0.15) is 0 Å². The van der Waals surface area contributed by atoms with Crippen LogP contribution in [0.4, 0.5) is 0 Å². The third-order valence-corrected chi connectivity index (χ3v) is 2.78. The summed E-state index contributed by atoms with van der Waals surface area (Å²) in [7, 11) is 0. The van der Waals surface area contributed by atoms with Gasteiger partial charge in [-0.25, -0.2) is 0 Å². The van der Waals surface area contributed by atoms with E-state index in [1.54, 1.807) is 4.90 Å². The zero-order chi connectivity index (χ0) is 11.6. The van der Waals surface area contributed by atoms with E-state index < -0.39 is 11.4 Å². The van der Waals surface area contributed by atoms with Gasteiger partial charge >= 0.3 is 5.97 Å². The molecule has 1 fully saturated rings. The fraction of sp³-hybridized carbons (Fsp3) is 0.818. The number of amides is 1. The molecule has 0 aromatic carbocycles. The summed E-state index contributed by atoms with van der Waals surface area (Å²) in [5.41, 5.74) is -1.29. The molecule has 0 aromatic rings. The average molecular weight is 213 g/mol. The lowest BCUT2D eigenvalue weighted by Gasteiger charge is -2.29. The number of hydrogen-bond acceptors (Lipinski definition) is 2. The van der Waals surface area contributed by atoms with Gasteiger partial charge in [-0.1, -0.05) is 6.92 Å². The molecule has 0 heterocycles. The number of carbonyl (C=O) groups excluding carboxylic acids is 1. The predicted molar refractivity (Wildman–Crippen MR) is 56.4 cm³/mol. The van der Waals surface area contributed by atoms with Crippen LogP contribution in [0.15, 0.2) is 0 Å². The molecular formula is C11H19NO3. The molecule has 0 bridgehead atoms. The second-order valence-corrected chi connectivity index (χ2v) is 4.66. The molecule has 1 amide bonds. The van der Waals surface area contributed by atoms with Crippen LogP contribution >= 0.6 is 0 Å². The molecule has 86 valence electrons. The lowest BCUT2D eigenvalue weighted by molar-refractivity contribution is -0.158. The lowest BCUT2D eigenvalue weighted by atomic mass is 9.91. The molecule has 0 aliphatic heterocycles. The van der Waals surface area contributed by atoms with E-state index in [0.29, 0.717) is 6.54 Å². The molecule has 1 aliphatic carbocycles. The van der Waals surface area contributed by atoms with E-state index in [4.69, 9.17) is 5.11 Å². The fourth-order valence-electron chi connectivity index (χ4n) is 1.53. The van der Waals surface area contributed by atoms with E-state index in [-0.39, 0.29) is 11.9 Å². The van der Waals surface area contributed by atoms with Crippen LogP contribution in [0, 0.1) is 5.41 Å². The van der Waals surface area contributed by atoms with Crippen molar-refractivity contribution < 1.29 is 14.7 Å². The maximum absolute atomic E-state index is 12.0. The van der Waals surface area contributed by atoms with Crippen LogP contribution < -0.4 is 0 Å². The summed E-state index contributed by atoms with van der Waals surface area (Å²) < 4.78 is 0. The van der Waals surface area contributed by atoms with Gasteiger partial charge in [0.15, 0.2) is 0 Å². The number of nitrogens with zero attached hydrogens (tertiary/aromatic N) is 1. The van der Waals surface area contributed by atoms with Gasteiger partial charge in [0.1, 0.15) is 5.41 Å². The van der Waals surface area contributed by atoms with Crippen molar-refractivity contribution in [1.82, 2.24) is 4.90 Å². The molecule has 1 aliphatic rings. The van der Waals surface area contributed by atoms with Crippen LogP contribution in [0.1, 0.15) is 40.0 Å². The minimum Gasteiger partial charge on any atom is -0.480 e. The number of carboxylic acids is 1. The van der Waals surface area contributed by atoms with Crippen molar-refractivity contribution in [2.45, 2.75) is 46.1 Å². The maximum Gasteiger partial charge on any atom is 0.318 e. The van der Waals surface area contributed by atoms with Crippen molar-refractivity contribution in [3.8, 4) is 0 Å². The molecule has 0 saturated heterocycles. The summed E-state index contributed by atoms with van der Waals surface area (Å²) in [6, 6.07) is 0.288. The molecule has 4 heteroatoms. The Bertz CT molecular complexity index is 269. The number of hydrogen-bond donors (Lipinski definition) is 1. The van der Waals surface area contributed by atoms with Gasteiger partial charge in [-0.15, -0.1) is 0 Å². The Balaban J connectivity index is 2.74. The Morgan fingerprint density at radius 2 is 1.93 bits per heavy atom. The zero-order valence-corrected chi connectivity index (χ0v) is 9.62. The molecule has 1 N–H and O–H groups in total. The Hall–Kier alpha value is -1.06. The van der Waals surface area contributed by atoms with E-state index in [0.717, 1.165) is 19.3 Å². The largest absolute Gasteiger partial charge is 0.480 e. The first-order valence-electron chi connectivity index (χ1n) is 5.45. The number of carboxylic acid groups (broad SMARTS) is 1. The number of rotatable bonds is 5. The summed E-state index contributed by atoms with van der Waals surface area (Å²) in [4.78, 5) is 24.7. The second kappa shape index (κ2) is 4.21. The van der Waals surface area contributed by atoms with E-state index in [9.17, 15) is 9.59 Å². The molecule has 0 unspecified atom stereocenters. The predicted octanol–water partition coefficient (Wildman–Crippen LogP) is 1.50. The molecule has 1 saturated carbocycles. The SMILES string of the molecule is CCCN(C(=O)C(C)(C)C(=O)O)C1CC1. The molecule has 0 spiro atoms. The molecule has 0 aromatic heterocycles. The quantitative estimate of drug-likeness (QED) is 0.704. The van der Waals surface area contributed by atoms with Gasteiger partial charge in [0.25, 0.3) is 0 Å². The molecule has 0 atom stereocenters. The van der Waals surface area contributed by atoms with Gasteiger partial charge < -0.3 is 10.0 Å². The van der Waals surface area contributed by atoms with Gasteiger partial charge in [0, 0.05) is 12.6 Å². The zero-order valence-electron chi connectivity index (χ0n) is 9.62. The van der Waals surface area contributed by atoms with Gasteiger partial charge in [-0.05, 0) is 33.1 Å². The van der Waals surface area contributed by atoms with Crippen molar-refractivity contribution in [2.75, 3.05) is 6.54 Å². The first-order chi connectivity index (χ1) is 6.91. The van der Waals surface area contributed by atoms with Crippen molar-refractivity contribution in [2.24, 2.45) is 5.41 Å². The highest BCUT2D eigenvalue weighted by molar-refractivity contribution is 6.01. The Labute approximate surface area is 90.3 Å². The van der Waals surface area contributed by atoms with Crippen molar-refractivity contribution in [3.63, 3.8) is 0 Å². The highest BCUT2D eigenvalue weighted by Crippen LogP contribution is 2.31. The molecule has 1 rings (SSSR count). The fourth-order valence-corrected chi connectivity index (χ4v) is 1.53. The Morgan fingerprint density at radius 1 is 1.40 bits per heavy atom. The smallest absolute Gasteiger partial charge is 0.318 e. The number of aliphatic carboxylic acids is 1. The van der Waals surface area contributed by atoms with Gasteiger partial charge in [0.05, 0.1) is 0 Å². The normalized spacial score (nSPS) is 16.2. The van der Waals surface area contributed by atoms with Crippen molar-refractivity contribution >= 4 is 11.9 Å². The highest BCUT2D eigenvalue weighted by Gasteiger charge is 2.43. The van der Waals surface area contributed by atoms with E-state index in [1.807, 2.05) is 6.92 Å². The van der Waals surface area contributed by atoms with Crippen LogP contribution in [0.25, 0.3) is 0 Å². The highest BCUT2D eigenvalue weighted by atomic mass is 16.4. The van der Waals surface area contributed by atoms with E-state index >= 15 is 0 Å². The summed E-state index contributed by atoms with van der Waals surface area (Å²) in [6.07, 6.45) is 2.90. The van der Waals surface area contributed by atoms with Crippen LogP contribution in [0.2, 0.25) is 0 Å². The molecule has 15 heavy (non-hydrogen) atoms. The van der Waals surface area contributed by atoms with Crippen LogP contribution in [-0.2, 0) is 9.59 Å². The second-order valence-electron chi connectivity index (χ2n) is 4.66. The summed E-state index contributed by atoms with van der Waals surface area (Å²) in [5.74, 6) is -1.30. The van der Waals surface area contributed by atoms with Gasteiger partial charge in [-0.3, -0.25) is 9.59 Å².